The Morgan fingerprint density at radius 2 is 2.08 bits per heavy atom. The molecule has 0 radical (unpaired) electrons. The van der Waals surface area contributed by atoms with Crippen LogP contribution >= 0.6 is 11.6 Å². The minimum atomic E-state index is -0.618. The third kappa shape index (κ3) is 3.48. The molecule has 1 aromatic heterocycles. The molecular formula is C17H20ClFN6O. The molecule has 1 fully saturated rings. The average Bonchev–Trinajstić information content (AvgIpc) is 2.62. The van der Waals surface area contributed by atoms with Crippen molar-refractivity contribution in [2.45, 2.75) is 18.4 Å². The first kappa shape index (κ1) is 18.5. The van der Waals surface area contributed by atoms with E-state index in [9.17, 15) is 9.50 Å². The van der Waals surface area contributed by atoms with Crippen LogP contribution in [0.2, 0.25) is 5.02 Å². The number of nitrogens with two attached hydrogens (primary N) is 2. The van der Waals surface area contributed by atoms with Gasteiger partial charge in [0, 0.05) is 18.6 Å². The number of aromatic nitrogens is 2. The molecule has 6 N–H and O–H groups in total. The Hall–Kier alpha value is -2.29. The zero-order valence-electron chi connectivity index (χ0n) is 14.0. The molecule has 1 aromatic carbocycles. The topological polar surface area (TPSA) is 125 Å². The van der Waals surface area contributed by atoms with Crippen molar-refractivity contribution >= 4 is 28.9 Å². The summed E-state index contributed by atoms with van der Waals surface area (Å²) >= 11 is 6.01. The summed E-state index contributed by atoms with van der Waals surface area (Å²) < 4.78 is 14.0. The highest BCUT2D eigenvalue weighted by Gasteiger charge is 2.31. The molecule has 3 rings (SSSR count). The van der Waals surface area contributed by atoms with E-state index in [2.05, 4.69) is 9.97 Å². The number of nitrogen functional groups attached to an aromatic ring is 1. The van der Waals surface area contributed by atoms with Crippen LogP contribution in [0.1, 0.15) is 24.1 Å². The number of nitrogens with zero attached hydrogens (tertiary/aromatic N) is 3. The molecule has 0 unspecified atom stereocenters. The van der Waals surface area contributed by atoms with Crippen molar-refractivity contribution in [3.05, 3.63) is 46.5 Å². The van der Waals surface area contributed by atoms with E-state index in [0.717, 1.165) is 0 Å². The van der Waals surface area contributed by atoms with Crippen LogP contribution in [0, 0.1) is 11.2 Å². The van der Waals surface area contributed by atoms with E-state index < -0.39 is 11.4 Å². The maximum absolute atomic E-state index is 14.0. The van der Waals surface area contributed by atoms with Gasteiger partial charge in [0.25, 0.3) is 0 Å². The monoisotopic (exact) mass is 378 g/mol. The van der Waals surface area contributed by atoms with E-state index in [0.29, 0.717) is 31.7 Å². The number of aliphatic hydroxyl groups is 1. The number of rotatable bonds is 4. The number of aliphatic hydroxyl groups excluding tert-OH is 1. The summed E-state index contributed by atoms with van der Waals surface area (Å²) in [5.74, 6) is -0.0377. The highest BCUT2D eigenvalue weighted by Crippen LogP contribution is 2.26. The van der Waals surface area contributed by atoms with Gasteiger partial charge < -0.3 is 21.5 Å². The van der Waals surface area contributed by atoms with E-state index in [-0.39, 0.29) is 34.4 Å². The van der Waals surface area contributed by atoms with Gasteiger partial charge in [0.15, 0.2) is 5.82 Å². The third-order valence-corrected chi connectivity index (χ3v) is 4.95. The number of hydrogen-bond donors (Lipinski definition) is 4. The normalized spacial score (nSPS) is 16.5. The van der Waals surface area contributed by atoms with Gasteiger partial charge in [0.1, 0.15) is 17.3 Å². The van der Waals surface area contributed by atoms with Crippen molar-refractivity contribution in [2.75, 3.05) is 30.3 Å². The summed E-state index contributed by atoms with van der Waals surface area (Å²) in [6, 6.07) is 4.19. The number of anilines is 2. The van der Waals surface area contributed by atoms with E-state index in [1.54, 1.807) is 0 Å². The Labute approximate surface area is 155 Å². The van der Waals surface area contributed by atoms with E-state index >= 15 is 0 Å². The van der Waals surface area contributed by atoms with E-state index in [4.69, 9.17) is 28.5 Å². The van der Waals surface area contributed by atoms with Crippen molar-refractivity contribution in [2.24, 2.45) is 5.73 Å². The quantitative estimate of drug-likeness (QED) is 0.598. The lowest BCUT2D eigenvalue weighted by atomic mass is 9.90. The Morgan fingerprint density at radius 3 is 2.65 bits per heavy atom. The third-order valence-electron chi connectivity index (χ3n) is 4.63. The standard InChI is InChI=1S/C17H20ClFN6O/c18-10-2-1-3-11(19)13(10)14(20)15-16(21)24-12(8-23-15)25-6-4-17(22,9-26)5-7-25/h1-3,8,20,26H,4-7,9,22H2,(H2,21,24). The Balaban J connectivity index is 1.84. The van der Waals surface area contributed by atoms with Gasteiger partial charge in [-0.2, -0.15) is 0 Å². The largest absolute Gasteiger partial charge is 0.394 e. The number of nitrogens with one attached hydrogen (secondary N) is 1. The molecule has 1 aliphatic heterocycles. The van der Waals surface area contributed by atoms with Crippen LogP contribution in [0.25, 0.3) is 0 Å². The molecule has 1 aliphatic rings. The predicted octanol–water partition coefficient (Wildman–Crippen LogP) is 1.56. The predicted molar refractivity (Wildman–Crippen MR) is 99.2 cm³/mol. The SMILES string of the molecule is N=C(c1ncc(N2CCC(N)(CO)CC2)nc1N)c1c(F)cccc1Cl. The van der Waals surface area contributed by atoms with Crippen LogP contribution in [0.3, 0.4) is 0 Å². The minimum Gasteiger partial charge on any atom is -0.394 e. The van der Waals surface area contributed by atoms with Crippen molar-refractivity contribution in [3.63, 3.8) is 0 Å². The van der Waals surface area contributed by atoms with Crippen molar-refractivity contribution in [3.8, 4) is 0 Å². The second-order valence-electron chi connectivity index (χ2n) is 6.44. The first-order chi connectivity index (χ1) is 12.3. The summed E-state index contributed by atoms with van der Waals surface area (Å²) in [5.41, 5.74) is 11.3. The van der Waals surface area contributed by atoms with Crippen LogP contribution < -0.4 is 16.4 Å². The molecule has 0 bridgehead atoms. The average molecular weight is 379 g/mol. The van der Waals surface area contributed by atoms with Gasteiger partial charge in [-0.25, -0.2) is 14.4 Å². The summed E-state index contributed by atoms with van der Waals surface area (Å²) in [6.45, 7) is 1.16. The zero-order valence-corrected chi connectivity index (χ0v) is 14.8. The molecule has 0 saturated carbocycles. The molecule has 0 amide bonds. The van der Waals surface area contributed by atoms with Crippen LogP contribution in [-0.4, -0.2) is 46.0 Å². The molecule has 7 nitrogen and oxygen atoms in total. The number of halogens is 2. The Morgan fingerprint density at radius 1 is 1.38 bits per heavy atom. The lowest BCUT2D eigenvalue weighted by Gasteiger charge is -2.38. The first-order valence-electron chi connectivity index (χ1n) is 8.15. The fraction of sp³-hybridized carbons (Fsp3) is 0.353. The number of benzene rings is 1. The zero-order chi connectivity index (χ0) is 18.9. The lowest BCUT2D eigenvalue weighted by molar-refractivity contribution is 0.170. The molecule has 138 valence electrons. The maximum Gasteiger partial charge on any atom is 0.154 e. The van der Waals surface area contributed by atoms with Gasteiger partial charge in [-0.15, -0.1) is 0 Å². The van der Waals surface area contributed by atoms with Gasteiger partial charge in [-0.3, -0.25) is 5.41 Å². The molecular weight excluding hydrogens is 359 g/mol. The van der Waals surface area contributed by atoms with Gasteiger partial charge in [0.05, 0.1) is 29.1 Å². The van der Waals surface area contributed by atoms with Crippen molar-refractivity contribution in [1.29, 1.82) is 5.41 Å². The molecule has 0 aliphatic carbocycles. The number of hydrogen-bond acceptors (Lipinski definition) is 7. The lowest BCUT2D eigenvalue weighted by Crippen LogP contribution is -2.53. The van der Waals surface area contributed by atoms with Gasteiger partial charge in [0.2, 0.25) is 0 Å². The van der Waals surface area contributed by atoms with Crippen LogP contribution in [0.4, 0.5) is 16.0 Å². The molecule has 1 saturated heterocycles. The summed E-state index contributed by atoms with van der Waals surface area (Å²) in [7, 11) is 0. The van der Waals surface area contributed by atoms with Crippen LogP contribution in [-0.2, 0) is 0 Å². The first-order valence-corrected chi connectivity index (χ1v) is 8.53. The fourth-order valence-electron chi connectivity index (χ4n) is 2.93. The van der Waals surface area contributed by atoms with E-state index in [1.165, 1.54) is 24.4 Å². The molecule has 2 aromatic rings. The summed E-state index contributed by atoms with van der Waals surface area (Å²) in [4.78, 5) is 10.5. The second kappa shape index (κ2) is 7.14. The van der Waals surface area contributed by atoms with Crippen molar-refractivity contribution < 1.29 is 9.50 Å². The van der Waals surface area contributed by atoms with Gasteiger partial charge in [-0.05, 0) is 25.0 Å². The fourth-order valence-corrected chi connectivity index (χ4v) is 3.19. The second-order valence-corrected chi connectivity index (χ2v) is 6.85. The minimum absolute atomic E-state index is 0.0264. The summed E-state index contributed by atoms with van der Waals surface area (Å²) in [6.07, 6.45) is 2.73. The van der Waals surface area contributed by atoms with Crippen molar-refractivity contribution in [1.82, 2.24) is 9.97 Å². The van der Waals surface area contributed by atoms with Crippen LogP contribution in [0.5, 0.6) is 0 Å². The molecule has 2 heterocycles. The molecule has 0 spiro atoms. The Kier molecular flexibility index (Phi) is 5.08. The van der Waals surface area contributed by atoms with Gasteiger partial charge in [-0.1, -0.05) is 17.7 Å². The molecule has 9 heteroatoms. The van der Waals surface area contributed by atoms with Gasteiger partial charge >= 0.3 is 0 Å². The highest BCUT2D eigenvalue weighted by atomic mass is 35.5. The van der Waals surface area contributed by atoms with E-state index in [1.807, 2.05) is 4.90 Å². The smallest absolute Gasteiger partial charge is 0.154 e. The molecule has 0 atom stereocenters. The number of piperidine rings is 1. The maximum atomic E-state index is 14.0. The Bertz CT molecular complexity index is 818. The molecule has 26 heavy (non-hydrogen) atoms. The van der Waals surface area contributed by atoms with Crippen LogP contribution in [0.15, 0.2) is 24.4 Å². The highest BCUT2D eigenvalue weighted by molar-refractivity contribution is 6.35. The summed E-state index contributed by atoms with van der Waals surface area (Å²) in [5, 5.41) is 17.7.